The minimum Gasteiger partial charge on any atom is -0.277 e. The molecule has 2 heterocycles. The molecule has 1 N–H and O–H groups in total. The Kier molecular flexibility index (Phi) is 3.30. The van der Waals surface area contributed by atoms with Crippen molar-refractivity contribution < 1.29 is 12.8 Å². The summed E-state index contributed by atoms with van der Waals surface area (Å²) < 4.78 is 40.1. The van der Waals surface area contributed by atoms with Gasteiger partial charge in [-0.05, 0) is 28.1 Å². The molecule has 0 fully saturated rings. The zero-order valence-corrected chi connectivity index (χ0v) is 11.4. The highest BCUT2D eigenvalue weighted by molar-refractivity contribution is 9.10. The van der Waals surface area contributed by atoms with Crippen LogP contribution in [0.25, 0.3) is 0 Å². The molecular formula is C8H7BrFN5O2S. The molecule has 2 aromatic rings. The van der Waals surface area contributed by atoms with Gasteiger partial charge in [0, 0.05) is 7.05 Å². The first-order chi connectivity index (χ1) is 8.40. The number of rotatable bonds is 3. The van der Waals surface area contributed by atoms with Gasteiger partial charge in [0.2, 0.25) is 11.0 Å². The number of hydrogen-bond donors (Lipinski definition) is 1. The third-order valence-electron chi connectivity index (χ3n) is 1.97. The highest BCUT2D eigenvalue weighted by Gasteiger charge is 2.23. The lowest BCUT2D eigenvalue weighted by atomic mass is 10.4. The average molecular weight is 336 g/mol. The summed E-state index contributed by atoms with van der Waals surface area (Å²) in [5, 5.41) is 7.00. The fourth-order valence-electron chi connectivity index (χ4n) is 1.25. The lowest BCUT2D eigenvalue weighted by Gasteiger charge is -2.07. The highest BCUT2D eigenvalue weighted by Crippen LogP contribution is 2.20. The number of nitrogens with zero attached hydrogens (tertiary/aromatic N) is 4. The molecule has 0 amide bonds. The number of aromatic nitrogens is 4. The molecule has 0 atom stereocenters. The van der Waals surface area contributed by atoms with Crippen LogP contribution in [0.15, 0.2) is 28.0 Å². The zero-order valence-electron chi connectivity index (χ0n) is 9.00. The second-order valence-corrected chi connectivity index (χ2v) is 5.63. The summed E-state index contributed by atoms with van der Waals surface area (Å²) in [6, 6.07) is 2.31. The number of halogens is 2. The summed E-state index contributed by atoms with van der Waals surface area (Å²) in [6.07, 6.45) is 1.07. The van der Waals surface area contributed by atoms with E-state index in [2.05, 4.69) is 35.9 Å². The molecule has 18 heavy (non-hydrogen) atoms. The number of sulfonamides is 1. The van der Waals surface area contributed by atoms with Gasteiger partial charge >= 0.3 is 0 Å². The third-order valence-corrected chi connectivity index (χ3v) is 4.24. The van der Waals surface area contributed by atoms with Crippen molar-refractivity contribution in [3.05, 3.63) is 28.9 Å². The van der Waals surface area contributed by atoms with Crippen LogP contribution in [0.5, 0.6) is 0 Å². The predicted molar refractivity (Wildman–Crippen MR) is 63.7 cm³/mol. The lowest BCUT2D eigenvalue weighted by molar-refractivity contribution is 0.577. The highest BCUT2D eigenvalue weighted by atomic mass is 79.9. The number of anilines is 1. The molecule has 0 bridgehead atoms. The Balaban J connectivity index is 2.36. The predicted octanol–water partition coefficient (Wildman–Crippen LogP) is 0.912. The van der Waals surface area contributed by atoms with Gasteiger partial charge < -0.3 is 0 Å². The van der Waals surface area contributed by atoms with E-state index in [0.717, 1.165) is 16.9 Å². The topological polar surface area (TPSA) is 89.8 Å². The van der Waals surface area contributed by atoms with Crippen LogP contribution in [-0.4, -0.2) is 28.4 Å². The van der Waals surface area contributed by atoms with Gasteiger partial charge in [-0.1, -0.05) is 5.21 Å². The standard InChI is InChI=1S/C8H7BrFN5O2S/c1-15-8(7(9)12-14-15)18(16,17)13-5-2-3-6(10)11-4-5/h2-4,13H,1H3. The quantitative estimate of drug-likeness (QED) is 0.842. The van der Waals surface area contributed by atoms with E-state index in [1.165, 1.54) is 13.1 Å². The van der Waals surface area contributed by atoms with E-state index in [0.29, 0.717) is 0 Å². The molecule has 0 aliphatic rings. The van der Waals surface area contributed by atoms with Crippen molar-refractivity contribution in [2.75, 3.05) is 4.72 Å². The Bertz CT molecular complexity index is 650. The molecule has 10 heteroatoms. The smallest absolute Gasteiger partial charge is 0.277 e. The van der Waals surface area contributed by atoms with E-state index in [1.807, 2.05) is 0 Å². The van der Waals surface area contributed by atoms with Crippen LogP contribution in [0.2, 0.25) is 0 Å². The van der Waals surface area contributed by atoms with Gasteiger partial charge in [-0.15, -0.1) is 5.10 Å². The maximum absolute atomic E-state index is 12.6. The molecular weight excluding hydrogens is 329 g/mol. The van der Waals surface area contributed by atoms with E-state index in [1.54, 1.807) is 0 Å². The third kappa shape index (κ3) is 2.48. The maximum Gasteiger partial charge on any atom is 0.281 e. The Labute approximate surface area is 110 Å². The Morgan fingerprint density at radius 2 is 2.17 bits per heavy atom. The van der Waals surface area contributed by atoms with E-state index >= 15 is 0 Å². The molecule has 0 saturated heterocycles. The largest absolute Gasteiger partial charge is 0.281 e. The first-order valence-corrected chi connectivity index (χ1v) is 6.87. The molecule has 0 spiro atoms. The fourth-order valence-corrected chi connectivity index (χ4v) is 3.39. The van der Waals surface area contributed by atoms with Gasteiger partial charge in [0.25, 0.3) is 10.0 Å². The number of pyridine rings is 1. The summed E-state index contributed by atoms with van der Waals surface area (Å²) in [5.41, 5.74) is 0.143. The van der Waals surface area contributed by atoms with Crippen LogP contribution >= 0.6 is 15.9 Å². The minimum absolute atomic E-state index is 0.0903. The monoisotopic (exact) mass is 335 g/mol. The van der Waals surface area contributed by atoms with Crippen LogP contribution in [0.3, 0.4) is 0 Å². The van der Waals surface area contributed by atoms with E-state index in [9.17, 15) is 12.8 Å². The van der Waals surface area contributed by atoms with Crippen molar-refractivity contribution in [3.8, 4) is 0 Å². The number of aryl methyl sites for hydroxylation is 1. The molecule has 0 aromatic carbocycles. The Morgan fingerprint density at radius 3 is 2.67 bits per heavy atom. The molecule has 7 nitrogen and oxygen atoms in total. The van der Waals surface area contributed by atoms with Crippen molar-refractivity contribution in [2.24, 2.45) is 7.05 Å². The van der Waals surface area contributed by atoms with E-state index < -0.39 is 16.0 Å². The molecule has 0 aliphatic carbocycles. The van der Waals surface area contributed by atoms with E-state index in [4.69, 9.17) is 0 Å². The van der Waals surface area contributed by atoms with Crippen LogP contribution in [-0.2, 0) is 17.1 Å². The summed E-state index contributed by atoms with van der Waals surface area (Å²) >= 11 is 2.99. The molecule has 0 radical (unpaired) electrons. The summed E-state index contributed by atoms with van der Waals surface area (Å²) in [5.74, 6) is -0.693. The van der Waals surface area contributed by atoms with Crippen molar-refractivity contribution in [1.82, 2.24) is 20.0 Å². The van der Waals surface area contributed by atoms with Crippen LogP contribution < -0.4 is 4.72 Å². The van der Waals surface area contributed by atoms with Crippen molar-refractivity contribution >= 4 is 31.6 Å². The van der Waals surface area contributed by atoms with Gasteiger partial charge in [0.05, 0.1) is 11.9 Å². The average Bonchev–Trinajstić information content (AvgIpc) is 2.62. The molecule has 96 valence electrons. The lowest BCUT2D eigenvalue weighted by Crippen LogP contribution is -2.17. The first-order valence-electron chi connectivity index (χ1n) is 4.60. The first kappa shape index (κ1) is 12.9. The summed E-state index contributed by atoms with van der Waals surface area (Å²) in [6.45, 7) is 0. The van der Waals surface area contributed by atoms with Crippen molar-refractivity contribution in [3.63, 3.8) is 0 Å². The summed E-state index contributed by atoms with van der Waals surface area (Å²) in [4.78, 5) is 3.35. The Morgan fingerprint density at radius 1 is 1.44 bits per heavy atom. The van der Waals surface area contributed by atoms with Crippen LogP contribution in [0, 0.1) is 5.95 Å². The van der Waals surface area contributed by atoms with E-state index in [-0.39, 0.29) is 15.3 Å². The Hall–Kier alpha value is -1.55. The SMILES string of the molecule is Cn1nnc(Br)c1S(=O)(=O)Nc1ccc(F)nc1. The van der Waals surface area contributed by atoms with Gasteiger partial charge in [0.1, 0.15) is 0 Å². The zero-order chi connectivity index (χ0) is 13.3. The molecule has 2 aromatic heterocycles. The summed E-state index contributed by atoms with van der Waals surface area (Å²) in [7, 11) is -2.43. The van der Waals surface area contributed by atoms with Gasteiger partial charge in [0.15, 0.2) is 4.60 Å². The molecule has 0 aliphatic heterocycles. The minimum atomic E-state index is -3.87. The number of hydrogen-bond acceptors (Lipinski definition) is 5. The van der Waals surface area contributed by atoms with Gasteiger partial charge in [-0.25, -0.2) is 9.67 Å². The van der Waals surface area contributed by atoms with Gasteiger partial charge in [-0.3, -0.25) is 4.72 Å². The van der Waals surface area contributed by atoms with Crippen LogP contribution in [0.1, 0.15) is 0 Å². The van der Waals surface area contributed by atoms with Crippen molar-refractivity contribution in [2.45, 2.75) is 5.03 Å². The second kappa shape index (κ2) is 4.61. The van der Waals surface area contributed by atoms with Gasteiger partial charge in [-0.2, -0.15) is 12.8 Å². The molecule has 0 saturated carbocycles. The fraction of sp³-hybridized carbons (Fsp3) is 0.125. The maximum atomic E-state index is 12.6. The molecule has 2 rings (SSSR count). The normalized spacial score (nSPS) is 11.5. The van der Waals surface area contributed by atoms with Crippen LogP contribution in [0.4, 0.5) is 10.1 Å². The van der Waals surface area contributed by atoms with Crippen molar-refractivity contribution in [1.29, 1.82) is 0 Å². The molecule has 0 unspecified atom stereocenters. The number of nitrogens with one attached hydrogen (secondary N) is 1. The second-order valence-electron chi connectivity index (χ2n) is 3.28.